The van der Waals surface area contributed by atoms with Gasteiger partial charge in [-0.2, -0.15) is 9.61 Å². The van der Waals surface area contributed by atoms with Crippen LogP contribution in [0.2, 0.25) is 0 Å². The molecule has 7 heteroatoms. The molecule has 1 aliphatic carbocycles. The number of fused-ring (bicyclic) bond motifs is 1. The van der Waals surface area contributed by atoms with Crippen LogP contribution >= 0.6 is 0 Å². The van der Waals surface area contributed by atoms with Gasteiger partial charge in [0.05, 0.1) is 6.20 Å². The van der Waals surface area contributed by atoms with Gasteiger partial charge in [0, 0.05) is 36.8 Å². The molecule has 0 aromatic carbocycles. The van der Waals surface area contributed by atoms with Crippen molar-refractivity contribution < 1.29 is 4.79 Å². The third-order valence-corrected chi connectivity index (χ3v) is 6.15. The van der Waals surface area contributed by atoms with Gasteiger partial charge in [0.25, 0.3) is 0 Å². The number of rotatable bonds is 6. The van der Waals surface area contributed by atoms with Crippen molar-refractivity contribution >= 4 is 23.2 Å². The fraction of sp³-hybridized carbons (Fsp3) is 0.591. The number of carbonyl (C=O) groups excluding carboxylic acids is 1. The lowest BCUT2D eigenvalue weighted by Crippen LogP contribution is -2.41. The molecule has 2 fully saturated rings. The number of nitrogens with one attached hydrogen (secondary N) is 2. The molecule has 2 N–H and O–H groups in total. The summed E-state index contributed by atoms with van der Waals surface area (Å²) in [5, 5.41) is 11.4. The summed E-state index contributed by atoms with van der Waals surface area (Å²) in [6.07, 6.45) is 12.1. The van der Waals surface area contributed by atoms with Crippen molar-refractivity contribution in [3.63, 3.8) is 0 Å². The first-order valence-corrected chi connectivity index (χ1v) is 11.0. The van der Waals surface area contributed by atoms with Crippen LogP contribution in [0.3, 0.4) is 0 Å². The van der Waals surface area contributed by atoms with Gasteiger partial charge in [-0.3, -0.25) is 4.79 Å². The SMILES string of the molecule is C=CC(=O)NC1CCCC(Nc2cc(N3CCCCC3)nc3c(CC)cnn23)C1. The van der Waals surface area contributed by atoms with Crippen LogP contribution in [0.4, 0.5) is 11.6 Å². The largest absolute Gasteiger partial charge is 0.367 e. The Morgan fingerprint density at radius 1 is 1.24 bits per heavy atom. The molecular weight excluding hydrogens is 364 g/mol. The predicted molar refractivity (Wildman–Crippen MR) is 116 cm³/mol. The molecular formula is C22H32N6O. The first kappa shape index (κ1) is 19.7. The third-order valence-electron chi connectivity index (χ3n) is 6.15. The molecule has 4 rings (SSSR count). The molecule has 1 saturated carbocycles. The second kappa shape index (κ2) is 8.84. The van der Waals surface area contributed by atoms with Crippen LogP contribution in [0.5, 0.6) is 0 Å². The van der Waals surface area contributed by atoms with Crippen molar-refractivity contribution in [3.05, 3.63) is 30.5 Å². The number of aryl methyl sites for hydroxylation is 1. The third kappa shape index (κ3) is 4.38. The Bertz CT molecular complexity index is 870. The fourth-order valence-electron chi connectivity index (χ4n) is 4.55. The summed E-state index contributed by atoms with van der Waals surface area (Å²) in [6.45, 7) is 7.84. The van der Waals surface area contributed by atoms with Crippen LogP contribution < -0.4 is 15.5 Å². The van der Waals surface area contributed by atoms with Gasteiger partial charge in [0.1, 0.15) is 11.6 Å². The van der Waals surface area contributed by atoms with Gasteiger partial charge in [-0.15, -0.1) is 0 Å². The van der Waals surface area contributed by atoms with Crippen LogP contribution in [-0.4, -0.2) is 45.7 Å². The summed E-state index contributed by atoms with van der Waals surface area (Å²) < 4.78 is 1.94. The van der Waals surface area contributed by atoms with E-state index < -0.39 is 0 Å². The quantitative estimate of drug-likeness (QED) is 0.733. The molecule has 2 aromatic heterocycles. The van der Waals surface area contributed by atoms with E-state index in [-0.39, 0.29) is 11.9 Å². The number of nitrogens with zero attached hydrogens (tertiary/aromatic N) is 4. The molecule has 2 atom stereocenters. The zero-order valence-corrected chi connectivity index (χ0v) is 17.4. The molecule has 2 unspecified atom stereocenters. The summed E-state index contributed by atoms with van der Waals surface area (Å²) in [6, 6.07) is 2.64. The van der Waals surface area contributed by atoms with E-state index in [1.807, 2.05) is 10.7 Å². The van der Waals surface area contributed by atoms with Gasteiger partial charge >= 0.3 is 0 Å². The van der Waals surface area contributed by atoms with Crippen LogP contribution in [0, 0.1) is 0 Å². The number of piperidine rings is 1. The molecule has 2 aromatic rings. The minimum absolute atomic E-state index is 0.0889. The molecule has 156 valence electrons. The molecule has 3 heterocycles. The zero-order valence-electron chi connectivity index (χ0n) is 17.4. The molecule has 0 bridgehead atoms. The van der Waals surface area contributed by atoms with E-state index in [1.54, 1.807) is 0 Å². The summed E-state index contributed by atoms with van der Waals surface area (Å²) in [5.74, 6) is 1.95. The van der Waals surface area contributed by atoms with E-state index in [0.717, 1.165) is 62.5 Å². The maximum Gasteiger partial charge on any atom is 0.243 e. The standard InChI is InChI=1S/C22H32N6O/c1-3-16-15-23-28-20(14-19(26-22(16)28)27-11-6-5-7-12-27)24-17-9-8-10-18(13-17)25-21(29)4-2/h4,14-15,17-18,24H,2-3,5-13H2,1H3,(H,25,29). The number of amides is 1. The molecule has 1 saturated heterocycles. The van der Waals surface area contributed by atoms with Crippen LogP contribution in [0.1, 0.15) is 57.4 Å². The Kier molecular flexibility index (Phi) is 6.02. The molecule has 29 heavy (non-hydrogen) atoms. The lowest BCUT2D eigenvalue weighted by atomic mass is 9.91. The monoisotopic (exact) mass is 396 g/mol. The maximum absolute atomic E-state index is 11.7. The molecule has 7 nitrogen and oxygen atoms in total. The number of hydrogen-bond donors (Lipinski definition) is 2. The van der Waals surface area contributed by atoms with Crippen LogP contribution in [0.25, 0.3) is 5.65 Å². The highest BCUT2D eigenvalue weighted by Crippen LogP contribution is 2.27. The van der Waals surface area contributed by atoms with Gasteiger partial charge < -0.3 is 15.5 Å². The van der Waals surface area contributed by atoms with Crippen molar-refractivity contribution in [2.75, 3.05) is 23.3 Å². The molecule has 2 aliphatic rings. The summed E-state index contributed by atoms with van der Waals surface area (Å²) in [5.41, 5.74) is 2.12. The molecule has 1 amide bonds. The van der Waals surface area contributed by atoms with Crippen molar-refractivity contribution in [1.29, 1.82) is 0 Å². The van der Waals surface area contributed by atoms with E-state index in [4.69, 9.17) is 4.98 Å². The maximum atomic E-state index is 11.7. The number of hydrogen-bond acceptors (Lipinski definition) is 5. The van der Waals surface area contributed by atoms with Crippen molar-refractivity contribution in [3.8, 4) is 0 Å². The van der Waals surface area contributed by atoms with E-state index in [2.05, 4.69) is 40.2 Å². The van der Waals surface area contributed by atoms with Gasteiger partial charge in [0.15, 0.2) is 5.65 Å². The van der Waals surface area contributed by atoms with Gasteiger partial charge in [-0.05, 0) is 57.4 Å². The average molecular weight is 397 g/mol. The lowest BCUT2D eigenvalue weighted by molar-refractivity contribution is -0.117. The highest BCUT2D eigenvalue weighted by atomic mass is 16.1. The van der Waals surface area contributed by atoms with Crippen molar-refractivity contribution in [2.45, 2.75) is 70.4 Å². The molecule has 0 radical (unpaired) electrons. The summed E-state index contributed by atoms with van der Waals surface area (Å²) in [7, 11) is 0. The lowest BCUT2D eigenvalue weighted by Gasteiger charge is -2.32. The molecule has 0 spiro atoms. The fourth-order valence-corrected chi connectivity index (χ4v) is 4.55. The minimum atomic E-state index is -0.0889. The van der Waals surface area contributed by atoms with E-state index >= 15 is 0 Å². The smallest absolute Gasteiger partial charge is 0.243 e. The van der Waals surface area contributed by atoms with Crippen molar-refractivity contribution in [2.24, 2.45) is 0 Å². The van der Waals surface area contributed by atoms with E-state index in [9.17, 15) is 4.79 Å². The Morgan fingerprint density at radius 2 is 2.03 bits per heavy atom. The van der Waals surface area contributed by atoms with E-state index in [1.165, 1.54) is 30.9 Å². The van der Waals surface area contributed by atoms with Crippen LogP contribution in [-0.2, 0) is 11.2 Å². The van der Waals surface area contributed by atoms with Gasteiger partial charge in [-0.25, -0.2) is 4.98 Å². The minimum Gasteiger partial charge on any atom is -0.367 e. The highest BCUT2D eigenvalue weighted by molar-refractivity contribution is 5.87. The van der Waals surface area contributed by atoms with Crippen molar-refractivity contribution in [1.82, 2.24) is 19.9 Å². The topological polar surface area (TPSA) is 74.6 Å². The average Bonchev–Trinajstić information content (AvgIpc) is 3.18. The Balaban J connectivity index is 1.59. The Labute approximate surface area is 172 Å². The number of carbonyl (C=O) groups is 1. The Hall–Kier alpha value is -2.57. The van der Waals surface area contributed by atoms with Crippen LogP contribution in [0.15, 0.2) is 24.9 Å². The van der Waals surface area contributed by atoms with E-state index in [0.29, 0.717) is 6.04 Å². The molecule has 1 aliphatic heterocycles. The second-order valence-electron chi connectivity index (χ2n) is 8.22. The second-order valence-corrected chi connectivity index (χ2v) is 8.22. The highest BCUT2D eigenvalue weighted by Gasteiger charge is 2.24. The number of anilines is 2. The predicted octanol–water partition coefficient (Wildman–Crippen LogP) is 3.31. The summed E-state index contributed by atoms with van der Waals surface area (Å²) >= 11 is 0. The normalized spacial score (nSPS) is 22.4. The zero-order chi connectivity index (χ0) is 20.2. The number of aromatic nitrogens is 3. The van der Waals surface area contributed by atoms with Gasteiger partial charge in [-0.1, -0.05) is 13.5 Å². The Morgan fingerprint density at radius 3 is 2.79 bits per heavy atom. The first-order chi connectivity index (χ1) is 14.2. The van der Waals surface area contributed by atoms with Gasteiger partial charge in [0.2, 0.25) is 5.91 Å². The summed E-state index contributed by atoms with van der Waals surface area (Å²) in [4.78, 5) is 19.1. The first-order valence-electron chi connectivity index (χ1n) is 11.0.